The maximum Gasteiger partial charge on any atom is 0.330 e. The molecule has 7 fully saturated rings. The molecule has 12 aliphatic rings. The molecular weight excluding hydrogens is 2100 g/mol. The summed E-state index contributed by atoms with van der Waals surface area (Å²) in [6.45, 7) is 10.7. The lowest BCUT2D eigenvalue weighted by Crippen LogP contribution is -2.51. The average Bonchev–Trinajstić information content (AvgIpc) is 1.62. The number of aliphatic hydroxyl groups excluding tert-OH is 8. The molecule has 2 aromatic rings. The van der Waals surface area contributed by atoms with Crippen LogP contribution < -0.4 is 22.5 Å². The van der Waals surface area contributed by atoms with Gasteiger partial charge in [-0.3, -0.25) is 101 Å². The van der Waals surface area contributed by atoms with Gasteiger partial charge in [-0.15, -0.1) is 0 Å². The molecule has 14 heterocycles. The highest BCUT2D eigenvalue weighted by Crippen LogP contribution is 2.53. The van der Waals surface area contributed by atoms with Crippen LogP contribution in [0.25, 0.3) is 0 Å². The molecule has 0 unspecified atom stereocenters. The fraction of sp³-hybridized carbons (Fsp3) is 0.610. The Morgan fingerprint density at radius 2 is 0.690 bits per heavy atom. The number of nitrogens with one attached hydrogen (secondary N) is 2. The average molecular weight is 2200 g/mol. The van der Waals surface area contributed by atoms with Crippen molar-refractivity contribution in [2.24, 2.45) is 11.8 Å². The van der Waals surface area contributed by atoms with Crippen molar-refractivity contribution < 1.29 is 170 Å². The molecule has 0 saturated carbocycles. The van der Waals surface area contributed by atoms with Gasteiger partial charge in [0.25, 0.3) is 17.0 Å². The van der Waals surface area contributed by atoms with Crippen molar-refractivity contribution in [1.82, 2.24) is 43.6 Å². The number of alkyl halides is 14. The molecule has 12 aliphatic heterocycles. The first kappa shape index (κ1) is 107. The smallest absolute Gasteiger partial charge is 0.330 e. The highest BCUT2D eigenvalue weighted by molar-refractivity contribution is 14.1. The van der Waals surface area contributed by atoms with Crippen molar-refractivity contribution in [3.63, 3.8) is 0 Å². The number of ether oxygens (including phenoxy) is 7. The Morgan fingerprint density at radius 1 is 0.395 bits per heavy atom. The Bertz CT molecular complexity index is 4790. The third-order valence-corrected chi connectivity index (χ3v) is 25.8. The number of H-pyrrole nitrogens is 2. The fourth-order valence-electron chi connectivity index (χ4n) is 14.6. The summed E-state index contributed by atoms with van der Waals surface area (Å²) in [4.78, 5) is 167. The maximum absolute atomic E-state index is 14.7. The molecule has 10 N–H and O–H groups in total. The number of carbonyl (C=O) groups excluding carboxylic acids is 10. The van der Waals surface area contributed by atoms with Crippen LogP contribution in [0, 0.1) is 11.8 Å². The first-order chi connectivity index (χ1) is 59.5. The number of halogens is 14. The van der Waals surface area contributed by atoms with Gasteiger partial charge in [-0.1, -0.05) is 88.2 Å². The number of hydrogen-bond donors (Lipinski definition) is 10. The lowest BCUT2D eigenvalue weighted by molar-refractivity contribution is -0.207. The van der Waals surface area contributed by atoms with Crippen molar-refractivity contribution in [2.75, 3.05) is 33.1 Å². The second kappa shape index (κ2) is 40.1. The van der Waals surface area contributed by atoms with Crippen molar-refractivity contribution in [3.8, 4) is 0 Å². The summed E-state index contributed by atoms with van der Waals surface area (Å²) >= 11 is 5.39. The van der Waals surface area contributed by atoms with Crippen LogP contribution >= 0.6 is 67.8 Å². The van der Waals surface area contributed by atoms with Gasteiger partial charge in [0.1, 0.15) is 43.4 Å². The van der Waals surface area contributed by atoms with Crippen LogP contribution in [0.4, 0.5) is 48.3 Å². The van der Waals surface area contributed by atoms with E-state index in [1.807, 2.05) is 32.6 Å². The van der Waals surface area contributed by atoms with E-state index in [0.717, 1.165) is 113 Å². The minimum absolute atomic E-state index is 0.0351. The van der Waals surface area contributed by atoms with E-state index in [1.165, 1.54) is 64.5 Å². The SMILES string of the molecule is C=C1O[C@@H](N2C=CC(=O)CC2=O)[C@](C)(F)[C@@H]1O.C[C@@]1(F)[C@H](O)[C@@H](CI)O[C@H]1N1C=CC(=O)CC1=O.C[C@@]1(F)[C@H](O)[C@@H](CO)O[C@H]1N1C=CC(=O)CC1=O.C[C@H]1[C@@](C)(F)[C@H](N2C=CC(=O)CC2=O)O[C@]1(F)CI.C[C@H]1[C@@](C)(F)[C@H](n2ccc(=O)[nH]c2=O)O[C@]1(F)CO.C[C@]1(F)[C@H](N2C=CC(=O)CC2=O)O[C@](F)(CI)[C@H]1O.C[C@]1(F)[C@H](n2ccc(=O)[nH]c2=O)O[C@](F)(CO)[C@H]1O. The van der Waals surface area contributed by atoms with E-state index in [0.29, 0.717) is 8.99 Å². The van der Waals surface area contributed by atoms with E-state index >= 15 is 0 Å². The molecule has 38 nitrogen and oxygen atoms in total. The molecular formula is C77H91F11I3N9O29. The maximum atomic E-state index is 14.7. The Hall–Kier alpha value is -7.84. The van der Waals surface area contributed by atoms with Crippen molar-refractivity contribution in [3.05, 3.63) is 140 Å². The number of aliphatic hydroxyl groups is 8. The number of nitrogens with zero attached hydrogens (tertiary/aromatic N) is 7. The van der Waals surface area contributed by atoms with Crippen molar-refractivity contribution >= 4 is 126 Å². The molecule has 52 heteroatoms. The van der Waals surface area contributed by atoms with Gasteiger partial charge in [0.05, 0.1) is 65.5 Å². The molecule has 0 aliphatic carbocycles. The molecule has 5 amide bonds. The summed E-state index contributed by atoms with van der Waals surface area (Å²) in [7, 11) is 0. The van der Waals surface area contributed by atoms with Gasteiger partial charge in [0.2, 0.25) is 53.3 Å². The predicted molar refractivity (Wildman–Crippen MR) is 440 cm³/mol. The molecule has 0 radical (unpaired) electrons. The number of carbonyl (C=O) groups is 10. The van der Waals surface area contributed by atoms with E-state index in [-0.39, 0.29) is 63.4 Å². The molecule has 0 bridgehead atoms. The molecule has 0 aromatic carbocycles. The van der Waals surface area contributed by atoms with Crippen LogP contribution in [-0.2, 0) is 81.1 Å². The third kappa shape index (κ3) is 21.5. The molecule has 27 atom stereocenters. The highest BCUT2D eigenvalue weighted by atomic mass is 127. The first-order valence-corrected chi connectivity index (χ1v) is 43.2. The van der Waals surface area contributed by atoms with Gasteiger partial charge >= 0.3 is 11.4 Å². The van der Waals surface area contributed by atoms with Crippen LogP contribution in [0.15, 0.2) is 117 Å². The van der Waals surface area contributed by atoms with Crippen molar-refractivity contribution in [1.29, 1.82) is 0 Å². The monoisotopic (exact) mass is 2200 g/mol. The number of amides is 5. The number of hydrogen-bond acceptors (Lipinski definition) is 29. The number of allylic oxidation sites excluding steroid dienone is 5. The van der Waals surface area contributed by atoms with Crippen LogP contribution in [-0.4, -0.2) is 313 Å². The van der Waals surface area contributed by atoms with E-state index in [9.17, 15) is 141 Å². The molecule has 7 saturated heterocycles. The zero-order valence-corrected chi connectivity index (χ0v) is 75.9. The summed E-state index contributed by atoms with van der Waals surface area (Å²) in [6, 6.07) is 1.92. The molecule has 14 rings (SSSR count). The van der Waals surface area contributed by atoms with Gasteiger partial charge in [0, 0.05) is 60.0 Å². The fourth-order valence-corrected chi connectivity index (χ4v) is 16.7. The largest absolute Gasteiger partial charge is 0.469 e. The standard InChI is InChI=1S/C12H14F2INO3.C11H12F2INO4.C11H14F2N2O4.C11H13FINO4.C11H14FNO5.C11H12FNO4.C10H12F2N2O5/c1-7-11(2,13)10(19-12(7,14)6-15)16-4-3-8(17)5-9(16)18;1-10(12)8(18)11(13,5-14)19-9(10)15-3-2-6(16)4-7(15)17;1-6-10(2,12)8(19-11(6,13)5-16)15-4-3-7(17)14-9(15)18;1-11(12)9(17)7(5-13)18-10(11)14-3-2-6(15)4-8(14)16;1-11(12)9(17)7(5-14)18-10(11)13-3-2-6(15)4-8(13)16;1-6-9(16)11(2,12)10(17-6)13-4-3-7(14)5-8(13)15;1-9(11)6(17)10(12,4-15)19-7(9)14-3-2-5(16)13-8(14)18/h3-4,7,10H,5-6H2,1-2H3;2-3,8-9,18H,4-5H2,1H3;3-4,6,8,16H,5H2,1-2H3,(H,14,17,18);2-3,7,9-10,17H,4-5H2,1H3;2-3,7,9-10,14,17H,4-5H2,1H3;3-4,9-10,16H,1,5H2,2H3;2-3,6-7,15,17H,4H2,1H3,(H,13,16,18)/t7-,10+,11+,12+;8-,9+,10+,11+;6-,8+,10+,11+;2*7-,9-,10-,11-;9-,10-,11-;6-,7+,9+,10+/m0001110/s1. The van der Waals surface area contributed by atoms with Crippen LogP contribution in [0.5, 0.6) is 0 Å². The summed E-state index contributed by atoms with van der Waals surface area (Å²) in [5.74, 6) is -17.5. The lowest BCUT2D eigenvalue weighted by atomic mass is 9.88. The van der Waals surface area contributed by atoms with E-state index in [4.69, 9.17) is 43.7 Å². The van der Waals surface area contributed by atoms with Crippen LogP contribution in [0.2, 0.25) is 0 Å². The van der Waals surface area contributed by atoms with E-state index in [2.05, 4.69) is 11.3 Å². The first-order valence-electron chi connectivity index (χ1n) is 38.6. The molecule has 2 aromatic heterocycles. The van der Waals surface area contributed by atoms with Crippen LogP contribution in [0.1, 0.15) is 107 Å². The van der Waals surface area contributed by atoms with E-state index in [1.54, 1.807) is 45.2 Å². The minimum atomic E-state index is -3.02. The zero-order valence-electron chi connectivity index (χ0n) is 69.4. The van der Waals surface area contributed by atoms with Crippen molar-refractivity contribution in [2.45, 2.75) is 244 Å². The van der Waals surface area contributed by atoms with Gasteiger partial charge in [0.15, 0.2) is 118 Å². The van der Waals surface area contributed by atoms with Crippen LogP contribution in [0.3, 0.4) is 0 Å². The molecule has 129 heavy (non-hydrogen) atoms. The lowest BCUT2D eigenvalue weighted by Gasteiger charge is -2.33. The highest BCUT2D eigenvalue weighted by Gasteiger charge is 2.69. The molecule has 716 valence electrons. The van der Waals surface area contributed by atoms with Gasteiger partial charge in [-0.25, -0.2) is 57.9 Å². The summed E-state index contributed by atoms with van der Waals surface area (Å²) in [6.07, 6.45) is -8.76. The second-order valence-corrected chi connectivity index (χ2v) is 34.8. The Morgan fingerprint density at radius 3 is 0.977 bits per heavy atom. The predicted octanol–water partition coefficient (Wildman–Crippen LogP) is 1.79. The summed E-state index contributed by atoms with van der Waals surface area (Å²) < 4.78 is 195. The normalized spacial score (nSPS) is 40.4. The quantitative estimate of drug-likeness (QED) is 0.0591. The third-order valence-electron chi connectivity index (χ3n) is 22.8. The number of ketones is 5. The number of aromatic amines is 2. The van der Waals surface area contributed by atoms with Gasteiger partial charge in [-0.05, 0) is 78.8 Å². The van der Waals surface area contributed by atoms with E-state index < -0.39 is 245 Å². The zero-order chi connectivity index (χ0) is 97.5. The van der Waals surface area contributed by atoms with Gasteiger partial charge in [-0.2, -0.15) is 0 Å². The Balaban J connectivity index is 0.000000186. The Kier molecular flexibility index (Phi) is 33.1. The second-order valence-electron chi connectivity index (χ2n) is 32.4. The minimum Gasteiger partial charge on any atom is -0.469 e. The molecule has 0 spiro atoms. The Labute approximate surface area is 764 Å². The van der Waals surface area contributed by atoms with Gasteiger partial charge < -0.3 is 74.0 Å². The topological polar surface area (TPSA) is 523 Å². The summed E-state index contributed by atoms with van der Waals surface area (Å²) in [5.41, 5.74) is -19.1. The number of aromatic nitrogens is 4. The summed E-state index contributed by atoms with van der Waals surface area (Å²) in [5, 5.41) is 75.1. The number of rotatable bonds is 13.